The molecule has 0 saturated heterocycles. The molecule has 0 saturated carbocycles. The van der Waals surface area contributed by atoms with E-state index in [4.69, 9.17) is 10.2 Å². The van der Waals surface area contributed by atoms with Crippen LogP contribution in [0.5, 0.6) is 0 Å². The number of hydrogen-bond donors (Lipinski definition) is 0. The van der Waals surface area contributed by atoms with E-state index >= 15 is 0 Å². The molecule has 0 unspecified atom stereocenters. The van der Waals surface area contributed by atoms with Gasteiger partial charge in [-0.05, 0) is 6.42 Å². The number of hydrogen-bond acceptors (Lipinski definition) is 2. The van der Waals surface area contributed by atoms with Crippen molar-refractivity contribution in [3.05, 3.63) is 59.2 Å². The molecule has 0 fully saturated rings. The minimum atomic E-state index is 0. The summed E-state index contributed by atoms with van der Waals surface area (Å²) >= 11 is 0. The Morgan fingerprint density at radius 2 is 1.53 bits per heavy atom. The SMILES string of the molecule is C[O-].C[O-].Cc1[c-]c2c(cc1)-c1ccccc1C2.[Ti+3]. The van der Waals surface area contributed by atoms with Gasteiger partial charge in [0.15, 0.2) is 0 Å². The van der Waals surface area contributed by atoms with E-state index in [1.807, 2.05) is 0 Å². The first kappa shape index (κ1) is 18.1. The molecule has 0 spiro atoms. The molecule has 2 nitrogen and oxygen atoms in total. The Hall–Kier alpha value is -0.926. The van der Waals surface area contributed by atoms with E-state index in [-0.39, 0.29) is 21.7 Å². The summed E-state index contributed by atoms with van der Waals surface area (Å²) in [6, 6.07) is 16.4. The largest absolute Gasteiger partial charge is 3.00 e. The third-order valence-electron chi connectivity index (χ3n) is 2.85. The first-order valence-electron chi connectivity index (χ1n) is 5.76. The molecule has 1 aliphatic carbocycles. The topological polar surface area (TPSA) is 46.1 Å². The van der Waals surface area contributed by atoms with Crippen LogP contribution >= 0.6 is 0 Å². The van der Waals surface area contributed by atoms with Gasteiger partial charge in [0.2, 0.25) is 0 Å². The summed E-state index contributed by atoms with van der Waals surface area (Å²) < 4.78 is 0. The summed E-state index contributed by atoms with van der Waals surface area (Å²) in [7, 11) is 1.50. The normalized spacial score (nSPS) is 9.74. The molecule has 19 heavy (non-hydrogen) atoms. The van der Waals surface area contributed by atoms with Crippen LogP contribution in [-0.2, 0) is 28.1 Å². The molecular weight excluding hydrogens is 272 g/mol. The van der Waals surface area contributed by atoms with E-state index in [2.05, 4.69) is 49.4 Å². The van der Waals surface area contributed by atoms with Gasteiger partial charge in [-0.15, -0.1) is 11.1 Å². The van der Waals surface area contributed by atoms with Crippen LogP contribution in [0, 0.1) is 13.0 Å². The Morgan fingerprint density at radius 3 is 2.21 bits per heavy atom. The van der Waals surface area contributed by atoms with Crippen LogP contribution in [0.4, 0.5) is 0 Å². The first-order valence-corrected chi connectivity index (χ1v) is 5.76. The molecule has 0 bridgehead atoms. The number of rotatable bonds is 0. The second-order valence-electron chi connectivity index (χ2n) is 3.87. The van der Waals surface area contributed by atoms with Gasteiger partial charge >= 0.3 is 21.7 Å². The average Bonchev–Trinajstić information content (AvgIpc) is 2.80. The molecule has 97 valence electrons. The van der Waals surface area contributed by atoms with E-state index < -0.39 is 0 Å². The zero-order valence-electron chi connectivity index (χ0n) is 11.5. The van der Waals surface area contributed by atoms with E-state index in [0.29, 0.717) is 0 Å². The molecule has 0 aromatic heterocycles. The number of aryl methyl sites for hydroxylation is 1. The molecule has 3 rings (SSSR count). The van der Waals surface area contributed by atoms with Crippen LogP contribution in [0.3, 0.4) is 0 Å². The van der Waals surface area contributed by atoms with E-state index in [0.717, 1.165) is 20.6 Å². The molecule has 1 radical (unpaired) electrons. The third kappa shape index (κ3) is 4.02. The summed E-state index contributed by atoms with van der Waals surface area (Å²) in [5.41, 5.74) is 6.78. The van der Waals surface area contributed by atoms with Gasteiger partial charge in [-0.25, -0.2) is 0 Å². The van der Waals surface area contributed by atoms with Gasteiger partial charge in [-0.3, -0.25) is 0 Å². The minimum absolute atomic E-state index is 0. The summed E-state index contributed by atoms with van der Waals surface area (Å²) in [6.07, 6.45) is 1.05. The minimum Gasteiger partial charge on any atom is -0.857 e. The van der Waals surface area contributed by atoms with Gasteiger partial charge in [-0.2, -0.15) is 38.0 Å². The van der Waals surface area contributed by atoms with Gasteiger partial charge in [0, 0.05) is 0 Å². The zero-order chi connectivity index (χ0) is 13.5. The third-order valence-corrected chi connectivity index (χ3v) is 2.85. The summed E-state index contributed by atoms with van der Waals surface area (Å²) in [5.74, 6) is 0. The van der Waals surface area contributed by atoms with Gasteiger partial charge in [0.05, 0.1) is 0 Å². The maximum absolute atomic E-state index is 8.25. The van der Waals surface area contributed by atoms with Crippen molar-refractivity contribution >= 4 is 0 Å². The van der Waals surface area contributed by atoms with Crippen molar-refractivity contribution in [2.45, 2.75) is 13.3 Å². The predicted molar refractivity (Wildman–Crippen MR) is 70.1 cm³/mol. The fraction of sp³-hybridized carbons (Fsp3) is 0.250. The first-order chi connectivity index (χ1) is 8.84. The molecule has 2 aromatic rings. The maximum Gasteiger partial charge on any atom is 3.00 e. The molecular formula is C16H17O2Ti. The molecule has 2 aromatic carbocycles. The van der Waals surface area contributed by atoms with Crippen LogP contribution in [0.25, 0.3) is 11.1 Å². The van der Waals surface area contributed by atoms with Crippen molar-refractivity contribution < 1.29 is 31.9 Å². The Balaban J connectivity index is 0.000000597. The van der Waals surface area contributed by atoms with Crippen molar-refractivity contribution in [2.75, 3.05) is 14.2 Å². The van der Waals surface area contributed by atoms with Gasteiger partial charge < -0.3 is 10.2 Å². The van der Waals surface area contributed by atoms with Crippen molar-refractivity contribution in [1.82, 2.24) is 0 Å². The standard InChI is InChI=1S/C14H11.2CH3O.Ti/c1-10-6-7-14-12(8-10)9-11-4-2-3-5-13(11)14;2*1-2;/h2-7H,9H2,1H3;2*1H3;/q3*-1;+3. The van der Waals surface area contributed by atoms with E-state index in [1.54, 1.807) is 0 Å². The number of benzene rings is 2. The average molecular weight is 289 g/mol. The Labute approximate surface area is 130 Å². The summed E-state index contributed by atoms with van der Waals surface area (Å²) in [5, 5.41) is 16.5. The second kappa shape index (κ2) is 9.05. The van der Waals surface area contributed by atoms with Crippen molar-refractivity contribution in [3.63, 3.8) is 0 Å². The second-order valence-corrected chi connectivity index (χ2v) is 3.87. The quantitative estimate of drug-likeness (QED) is 0.463. The Bertz CT molecular complexity index is 510. The molecule has 0 heterocycles. The number of fused-ring (bicyclic) bond motifs is 3. The Morgan fingerprint density at radius 1 is 0.895 bits per heavy atom. The van der Waals surface area contributed by atoms with Crippen molar-refractivity contribution in [2.24, 2.45) is 0 Å². The monoisotopic (exact) mass is 289 g/mol. The molecule has 0 atom stereocenters. The molecule has 0 aliphatic heterocycles. The van der Waals surface area contributed by atoms with Crippen molar-refractivity contribution in [1.29, 1.82) is 0 Å². The zero-order valence-corrected chi connectivity index (χ0v) is 13.0. The molecule has 0 amide bonds. The molecule has 0 N–H and O–H groups in total. The predicted octanol–water partition coefficient (Wildman–Crippen LogP) is 1.32. The summed E-state index contributed by atoms with van der Waals surface area (Å²) in [6.45, 7) is 2.10. The van der Waals surface area contributed by atoms with Crippen LogP contribution < -0.4 is 10.2 Å². The Kier molecular flexibility index (Phi) is 8.61. The fourth-order valence-electron chi connectivity index (χ4n) is 2.18. The summed E-state index contributed by atoms with van der Waals surface area (Å²) in [4.78, 5) is 0. The van der Waals surface area contributed by atoms with Crippen LogP contribution in [0.1, 0.15) is 16.7 Å². The van der Waals surface area contributed by atoms with Crippen LogP contribution in [0.15, 0.2) is 36.4 Å². The van der Waals surface area contributed by atoms with Gasteiger partial charge in [0.1, 0.15) is 0 Å². The smallest absolute Gasteiger partial charge is 0.857 e. The van der Waals surface area contributed by atoms with Crippen molar-refractivity contribution in [3.8, 4) is 11.1 Å². The van der Waals surface area contributed by atoms with Gasteiger partial charge in [0.25, 0.3) is 0 Å². The van der Waals surface area contributed by atoms with E-state index in [9.17, 15) is 0 Å². The fourth-order valence-corrected chi connectivity index (χ4v) is 2.18. The van der Waals surface area contributed by atoms with Gasteiger partial charge in [-0.1, -0.05) is 42.3 Å². The molecule has 1 aliphatic rings. The maximum atomic E-state index is 8.25. The van der Waals surface area contributed by atoms with Crippen LogP contribution in [-0.4, -0.2) is 14.2 Å². The van der Waals surface area contributed by atoms with Crippen LogP contribution in [0.2, 0.25) is 0 Å². The van der Waals surface area contributed by atoms with E-state index in [1.165, 1.54) is 27.8 Å². The molecule has 3 heteroatoms.